The van der Waals surface area contributed by atoms with E-state index >= 15 is 0 Å². The first-order chi connectivity index (χ1) is 24.6. The van der Waals surface area contributed by atoms with Crippen molar-refractivity contribution in [3.05, 3.63) is 198 Å². The molecule has 8 aromatic carbocycles. The Balaban J connectivity index is 1.14. The minimum Gasteiger partial charge on any atom is -0.310 e. The smallest absolute Gasteiger partial charge is 0.0465 e. The van der Waals surface area contributed by atoms with Gasteiger partial charge in [0.25, 0.3) is 0 Å². The van der Waals surface area contributed by atoms with Crippen molar-refractivity contribution in [3.63, 3.8) is 0 Å². The number of nitrogens with zero attached hydrogens (tertiary/aromatic N) is 1. The zero-order valence-electron chi connectivity index (χ0n) is 28.3. The lowest BCUT2D eigenvalue weighted by Crippen LogP contribution is -2.16. The Kier molecular flexibility index (Phi) is 7.21. The van der Waals surface area contributed by atoms with Crippen LogP contribution < -0.4 is 4.90 Å². The molecule has 8 aromatic rings. The Morgan fingerprint density at radius 1 is 0.420 bits per heavy atom. The largest absolute Gasteiger partial charge is 0.310 e. The molecule has 0 atom stereocenters. The van der Waals surface area contributed by atoms with Crippen molar-refractivity contribution in [1.82, 2.24) is 0 Å². The predicted molar refractivity (Wildman–Crippen MR) is 215 cm³/mol. The first kappa shape index (κ1) is 29.9. The van der Waals surface area contributed by atoms with Gasteiger partial charge < -0.3 is 4.90 Å². The highest BCUT2D eigenvalue weighted by Crippen LogP contribution is 2.51. The molecule has 1 nitrogen and oxygen atoms in total. The van der Waals surface area contributed by atoms with E-state index in [1.54, 1.807) is 0 Å². The molecular weight excluding hydrogens is 603 g/mol. The van der Waals surface area contributed by atoms with Gasteiger partial charge in [-0.2, -0.15) is 0 Å². The van der Waals surface area contributed by atoms with Gasteiger partial charge in [0.15, 0.2) is 0 Å². The Morgan fingerprint density at radius 3 is 1.56 bits per heavy atom. The molecule has 0 fully saturated rings. The maximum Gasteiger partial charge on any atom is 0.0465 e. The Hall–Kier alpha value is -6.18. The Bertz CT molecular complexity index is 2500. The van der Waals surface area contributed by atoms with Crippen molar-refractivity contribution in [2.45, 2.75) is 19.3 Å². The van der Waals surface area contributed by atoms with Crippen LogP contribution in [0, 0.1) is 0 Å². The van der Waals surface area contributed by atoms with Crippen LogP contribution in [0.5, 0.6) is 0 Å². The molecule has 0 saturated heterocycles. The molecule has 238 valence electrons. The minimum absolute atomic E-state index is 0.158. The molecule has 1 aliphatic rings. The third kappa shape index (κ3) is 4.94. The number of fused-ring (bicyclic) bond motifs is 6. The molecule has 1 aliphatic carbocycles. The summed E-state index contributed by atoms with van der Waals surface area (Å²) in [6, 6.07) is 63.8. The SMILES string of the molecule is CC1(C)c2cc(/C=C/c3c(-c4ccccc4)c4ccccc4c4ccccc34)ccc2-c2ccc(N(c3ccccc3)c3ccccc3)cc21. The van der Waals surface area contributed by atoms with Gasteiger partial charge in [-0.1, -0.05) is 166 Å². The second-order valence-corrected chi connectivity index (χ2v) is 13.7. The molecule has 0 spiro atoms. The van der Waals surface area contributed by atoms with E-state index in [1.807, 2.05) is 0 Å². The first-order valence-electron chi connectivity index (χ1n) is 17.4. The third-order valence-electron chi connectivity index (χ3n) is 10.4. The van der Waals surface area contributed by atoms with Gasteiger partial charge in [0.05, 0.1) is 0 Å². The number of benzene rings is 8. The molecule has 50 heavy (non-hydrogen) atoms. The molecule has 0 amide bonds. The van der Waals surface area contributed by atoms with E-state index in [-0.39, 0.29) is 5.41 Å². The van der Waals surface area contributed by atoms with Crippen LogP contribution >= 0.6 is 0 Å². The van der Waals surface area contributed by atoms with E-state index in [4.69, 9.17) is 0 Å². The average molecular weight is 640 g/mol. The predicted octanol–water partition coefficient (Wildman–Crippen LogP) is 13.6. The van der Waals surface area contributed by atoms with Crippen LogP contribution in [0.3, 0.4) is 0 Å². The fourth-order valence-electron chi connectivity index (χ4n) is 8.02. The lowest BCUT2D eigenvalue weighted by Gasteiger charge is -2.28. The summed E-state index contributed by atoms with van der Waals surface area (Å²) in [4.78, 5) is 2.35. The third-order valence-corrected chi connectivity index (χ3v) is 10.4. The van der Waals surface area contributed by atoms with Gasteiger partial charge in [-0.25, -0.2) is 0 Å². The molecule has 0 N–H and O–H groups in total. The number of anilines is 3. The molecule has 0 radical (unpaired) electrons. The molecule has 0 aromatic heterocycles. The average Bonchev–Trinajstić information content (AvgIpc) is 3.40. The van der Waals surface area contributed by atoms with Crippen molar-refractivity contribution in [2.75, 3.05) is 4.90 Å². The minimum atomic E-state index is -0.158. The molecule has 0 heterocycles. The second kappa shape index (κ2) is 12.1. The first-order valence-corrected chi connectivity index (χ1v) is 17.4. The van der Waals surface area contributed by atoms with Crippen LogP contribution in [0.1, 0.15) is 36.1 Å². The number of rotatable bonds is 6. The van der Waals surface area contributed by atoms with Gasteiger partial charge in [-0.3, -0.25) is 0 Å². The summed E-state index contributed by atoms with van der Waals surface area (Å²) in [6.07, 6.45) is 4.64. The van der Waals surface area contributed by atoms with E-state index in [2.05, 4.69) is 207 Å². The van der Waals surface area contributed by atoms with Crippen LogP contribution in [-0.4, -0.2) is 0 Å². The van der Waals surface area contributed by atoms with Crippen LogP contribution in [-0.2, 0) is 5.41 Å². The quantitative estimate of drug-likeness (QED) is 0.129. The highest BCUT2D eigenvalue weighted by molar-refractivity contribution is 6.18. The topological polar surface area (TPSA) is 3.24 Å². The van der Waals surface area contributed by atoms with Crippen molar-refractivity contribution in [2.24, 2.45) is 0 Å². The summed E-state index contributed by atoms with van der Waals surface area (Å²) in [6.45, 7) is 4.74. The normalized spacial score (nSPS) is 13.1. The van der Waals surface area contributed by atoms with Crippen molar-refractivity contribution < 1.29 is 0 Å². The summed E-state index contributed by atoms with van der Waals surface area (Å²) in [5.74, 6) is 0. The molecule has 0 aliphatic heterocycles. The Labute approximate surface area is 294 Å². The van der Waals surface area contributed by atoms with E-state index in [0.717, 1.165) is 11.4 Å². The van der Waals surface area contributed by atoms with Crippen LogP contribution in [0.2, 0.25) is 0 Å². The summed E-state index contributed by atoms with van der Waals surface area (Å²) >= 11 is 0. The highest BCUT2D eigenvalue weighted by Gasteiger charge is 2.36. The summed E-state index contributed by atoms with van der Waals surface area (Å²) in [7, 11) is 0. The van der Waals surface area contributed by atoms with Crippen molar-refractivity contribution in [3.8, 4) is 22.3 Å². The van der Waals surface area contributed by atoms with E-state index in [0.29, 0.717) is 0 Å². The van der Waals surface area contributed by atoms with Gasteiger partial charge >= 0.3 is 0 Å². The van der Waals surface area contributed by atoms with Gasteiger partial charge in [0.1, 0.15) is 0 Å². The number of hydrogen-bond acceptors (Lipinski definition) is 1. The fourth-order valence-corrected chi connectivity index (χ4v) is 8.02. The Morgan fingerprint density at radius 2 is 0.920 bits per heavy atom. The van der Waals surface area contributed by atoms with Crippen LogP contribution in [0.25, 0.3) is 56.0 Å². The zero-order valence-corrected chi connectivity index (χ0v) is 28.3. The van der Waals surface area contributed by atoms with Gasteiger partial charge in [0.2, 0.25) is 0 Å². The molecule has 0 unspecified atom stereocenters. The standard InChI is InChI=1S/C49H37N/c1-49(2)46-32-34(27-30-45-41-24-13-12-22-39(41)40-23-14-15-25-44(40)48(45)35-16-6-3-7-17-35)26-29-42(46)43-31-28-38(33-47(43)49)50(36-18-8-4-9-19-36)37-20-10-5-11-21-37/h3-33H,1-2H3/b30-27+. The van der Waals surface area contributed by atoms with Gasteiger partial charge in [-0.15, -0.1) is 0 Å². The molecule has 0 saturated carbocycles. The lowest BCUT2D eigenvalue weighted by molar-refractivity contribution is 0.660. The van der Waals surface area contributed by atoms with Crippen molar-refractivity contribution >= 4 is 50.8 Å². The summed E-state index contributed by atoms with van der Waals surface area (Å²) in [5.41, 5.74) is 13.6. The zero-order chi connectivity index (χ0) is 33.7. The maximum atomic E-state index is 2.41. The second-order valence-electron chi connectivity index (χ2n) is 13.7. The van der Waals surface area contributed by atoms with Crippen LogP contribution in [0.4, 0.5) is 17.1 Å². The molecule has 1 heteroatoms. The summed E-state index contributed by atoms with van der Waals surface area (Å²) in [5, 5.41) is 5.11. The van der Waals surface area contributed by atoms with Crippen molar-refractivity contribution in [1.29, 1.82) is 0 Å². The monoisotopic (exact) mass is 639 g/mol. The van der Waals surface area contributed by atoms with Gasteiger partial charge in [-0.05, 0) is 102 Å². The summed E-state index contributed by atoms with van der Waals surface area (Å²) < 4.78 is 0. The maximum absolute atomic E-state index is 2.41. The van der Waals surface area contributed by atoms with E-state index < -0.39 is 0 Å². The molecule has 0 bridgehead atoms. The van der Waals surface area contributed by atoms with E-state index in [9.17, 15) is 0 Å². The van der Waals surface area contributed by atoms with E-state index in [1.165, 1.54) is 71.7 Å². The molecule has 9 rings (SSSR count). The van der Waals surface area contributed by atoms with Gasteiger partial charge in [0, 0.05) is 22.5 Å². The van der Waals surface area contributed by atoms with Crippen LogP contribution in [0.15, 0.2) is 176 Å². The number of para-hydroxylation sites is 2. The fraction of sp³-hybridized carbons (Fsp3) is 0.0612. The molecular formula is C49H37N. The lowest BCUT2D eigenvalue weighted by atomic mass is 9.81. The highest BCUT2D eigenvalue weighted by atomic mass is 15.1. The number of hydrogen-bond donors (Lipinski definition) is 0.